The molecule has 0 aliphatic rings. The number of aromatic nitrogens is 2. The van der Waals surface area contributed by atoms with Gasteiger partial charge >= 0.3 is 0 Å². The van der Waals surface area contributed by atoms with Gasteiger partial charge in [-0.15, -0.1) is 0 Å². The van der Waals surface area contributed by atoms with E-state index in [0.717, 1.165) is 24.1 Å². The fourth-order valence-corrected chi connectivity index (χ4v) is 3.45. The van der Waals surface area contributed by atoms with Crippen molar-refractivity contribution in [3.63, 3.8) is 0 Å². The van der Waals surface area contributed by atoms with Crippen LogP contribution in [0.2, 0.25) is 0 Å². The van der Waals surface area contributed by atoms with Crippen LogP contribution >= 0.6 is 28.1 Å². The van der Waals surface area contributed by atoms with Gasteiger partial charge in [-0.3, -0.25) is 14.2 Å². The van der Waals surface area contributed by atoms with Gasteiger partial charge in [0.15, 0.2) is 4.77 Å². The average molecular weight is 441 g/mol. The highest BCUT2D eigenvalue weighted by Crippen LogP contribution is 2.15. The molecule has 0 atom stereocenters. The fraction of sp³-hybridized carbons (Fsp3) is 0.500. The number of carbonyl (C=O) groups is 1. The van der Waals surface area contributed by atoms with Gasteiger partial charge in [0.05, 0.1) is 10.9 Å². The molecule has 1 heterocycles. The van der Waals surface area contributed by atoms with E-state index in [1.54, 1.807) is 6.07 Å². The molecule has 142 valence electrons. The summed E-state index contributed by atoms with van der Waals surface area (Å²) in [6, 6.07) is 5.46. The predicted octanol–water partition coefficient (Wildman–Crippen LogP) is 3.06. The lowest BCUT2D eigenvalue weighted by molar-refractivity contribution is -0.121. The molecule has 0 saturated heterocycles. The van der Waals surface area contributed by atoms with Crippen molar-refractivity contribution in [1.82, 2.24) is 19.8 Å². The molecule has 26 heavy (non-hydrogen) atoms. The van der Waals surface area contributed by atoms with Crippen LogP contribution in [-0.4, -0.2) is 46.5 Å². The lowest BCUT2D eigenvalue weighted by Gasteiger charge is -2.17. The lowest BCUT2D eigenvalue weighted by atomic mass is 10.2. The van der Waals surface area contributed by atoms with Crippen LogP contribution in [0.1, 0.15) is 26.7 Å². The first-order valence-corrected chi connectivity index (χ1v) is 10.1. The highest BCUT2D eigenvalue weighted by molar-refractivity contribution is 9.10. The molecule has 0 spiro atoms. The summed E-state index contributed by atoms with van der Waals surface area (Å²) in [5.74, 6) is 0.00337. The Morgan fingerprint density at radius 2 is 2.08 bits per heavy atom. The SMILES string of the molecule is CCN(CC)CCNC(=O)CCCn1c(=S)[nH]c2ccc(Br)cc2c1=O. The smallest absolute Gasteiger partial charge is 0.262 e. The zero-order valence-electron chi connectivity index (χ0n) is 15.2. The van der Waals surface area contributed by atoms with E-state index >= 15 is 0 Å². The van der Waals surface area contributed by atoms with E-state index in [-0.39, 0.29) is 11.5 Å². The molecule has 0 unspecified atom stereocenters. The van der Waals surface area contributed by atoms with Crippen molar-refractivity contribution >= 4 is 45.0 Å². The summed E-state index contributed by atoms with van der Waals surface area (Å²) < 4.78 is 2.74. The second kappa shape index (κ2) is 9.99. The molecule has 1 amide bonds. The van der Waals surface area contributed by atoms with E-state index in [4.69, 9.17) is 12.2 Å². The normalized spacial score (nSPS) is 11.2. The summed E-state index contributed by atoms with van der Waals surface area (Å²) in [6.45, 7) is 8.08. The fourth-order valence-electron chi connectivity index (χ4n) is 2.81. The molecule has 0 aliphatic carbocycles. The van der Waals surface area contributed by atoms with Crippen LogP contribution in [0.25, 0.3) is 10.9 Å². The van der Waals surface area contributed by atoms with Crippen LogP contribution in [0.3, 0.4) is 0 Å². The zero-order valence-corrected chi connectivity index (χ0v) is 17.6. The van der Waals surface area contributed by atoms with Crippen molar-refractivity contribution in [3.05, 3.63) is 37.8 Å². The number of fused-ring (bicyclic) bond motifs is 1. The number of aromatic amines is 1. The number of H-pyrrole nitrogens is 1. The minimum Gasteiger partial charge on any atom is -0.355 e. The standard InChI is InChI=1S/C18H25BrN4O2S/c1-3-22(4-2)11-9-20-16(24)6-5-10-23-17(25)14-12-13(19)7-8-15(14)21-18(23)26/h7-8,12H,3-6,9-11H2,1-2H3,(H,20,24)(H,21,26). The molecular weight excluding hydrogens is 416 g/mol. The number of benzene rings is 1. The number of hydrogen-bond donors (Lipinski definition) is 2. The Hall–Kier alpha value is -1.51. The second-order valence-electron chi connectivity index (χ2n) is 6.06. The second-order valence-corrected chi connectivity index (χ2v) is 7.36. The third kappa shape index (κ3) is 5.49. The van der Waals surface area contributed by atoms with E-state index in [9.17, 15) is 9.59 Å². The Kier molecular flexibility index (Phi) is 7.99. The molecule has 6 nitrogen and oxygen atoms in total. The number of carbonyl (C=O) groups excluding carboxylic acids is 1. The van der Waals surface area contributed by atoms with Gasteiger partial charge in [-0.2, -0.15) is 0 Å². The summed E-state index contributed by atoms with van der Waals surface area (Å²) in [5, 5.41) is 3.51. The molecule has 2 N–H and O–H groups in total. The van der Waals surface area contributed by atoms with Crippen LogP contribution in [-0.2, 0) is 11.3 Å². The summed E-state index contributed by atoms with van der Waals surface area (Å²) in [5.41, 5.74) is 0.584. The van der Waals surface area contributed by atoms with Gasteiger partial charge in [-0.25, -0.2) is 0 Å². The number of nitrogens with zero attached hydrogens (tertiary/aromatic N) is 2. The number of nitrogens with one attached hydrogen (secondary N) is 2. The molecule has 0 radical (unpaired) electrons. The zero-order chi connectivity index (χ0) is 19.1. The average Bonchev–Trinajstić information content (AvgIpc) is 2.62. The molecule has 1 aromatic carbocycles. The lowest BCUT2D eigenvalue weighted by Crippen LogP contribution is -2.34. The van der Waals surface area contributed by atoms with Crippen LogP contribution in [0.5, 0.6) is 0 Å². The molecule has 2 aromatic rings. The van der Waals surface area contributed by atoms with Gasteiger partial charge < -0.3 is 15.2 Å². The maximum absolute atomic E-state index is 12.6. The van der Waals surface area contributed by atoms with Gasteiger partial charge in [0.25, 0.3) is 5.56 Å². The first kappa shape index (κ1) is 20.8. The molecule has 0 bridgehead atoms. The topological polar surface area (TPSA) is 70.1 Å². The van der Waals surface area contributed by atoms with E-state index in [1.807, 2.05) is 12.1 Å². The Morgan fingerprint density at radius 1 is 1.35 bits per heavy atom. The molecule has 2 rings (SSSR count). The first-order chi connectivity index (χ1) is 12.5. The van der Waals surface area contributed by atoms with Crippen molar-refractivity contribution in [2.45, 2.75) is 33.2 Å². The summed E-state index contributed by atoms with van der Waals surface area (Å²) in [7, 11) is 0. The van der Waals surface area contributed by atoms with E-state index in [0.29, 0.717) is 41.6 Å². The molecular formula is C18H25BrN4O2S. The Morgan fingerprint density at radius 3 is 2.77 bits per heavy atom. The maximum Gasteiger partial charge on any atom is 0.262 e. The monoisotopic (exact) mass is 440 g/mol. The largest absolute Gasteiger partial charge is 0.355 e. The van der Waals surface area contributed by atoms with Crippen molar-refractivity contribution in [2.75, 3.05) is 26.2 Å². The minimum absolute atomic E-state index is 0.00337. The van der Waals surface area contributed by atoms with Crippen LogP contribution in [0, 0.1) is 4.77 Å². The summed E-state index contributed by atoms with van der Waals surface area (Å²) >= 11 is 8.68. The van der Waals surface area contributed by atoms with Crippen molar-refractivity contribution in [2.24, 2.45) is 0 Å². The molecule has 0 saturated carbocycles. The van der Waals surface area contributed by atoms with Crippen molar-refractivity contribution in [3.8, 4) is 0 Å². The highest BCUT2D eigenvalue weighted by Gasteiger charge is 2.08. The third-order valence-corrected chi connectivity index (χ3v) is 5.19. The summed E-state index contributed by atoms with van der Waals surface area (Å²) in [4.78, 5) is 29.9. The Balaban J connectivity index is 1.92. The molecule has 1 aromatic heterocycles. The van der Waals surface area contributed by atoms with Crippen LogP contribution < -0.4 is 10.9 Å². The molecule has 0 fully saturated rings. The number of likely N-dealkylation sites (N-methyl/N-ethyl adjacent to an activating group) is 1. The van der Waals surface area contributed by atoms with Crippen LogP contribution in [0.15, 0.2) is 27.5 Å². The van der Waals surface area contributed by atoms with E-state index in [1.165, 1.54) is 4.57 Å². The van der Waals surface area contributed by atoms with Crippen molar-refractivity contribution < 1.29 is 4.79 Å². The third-order valence-electron chi connectivity index (χ3n) is 4.37. The van der Waals surface area contributed by atoms with Gasteiger partial charge in [-0.05, 0) is 49.9 Å². The predicted molar refractivity (Wildman–Crippen MR) is 111 cm³/mol. The van der Waals surface area contributed by atoms with E-state index < -0.39 is 0 Å². The molecule has 0 aliphatic heterocycles. The van der Waals surface area contributed by atoms with Gasteiger partial charge in [0.2, 0.25) is 5.91 Å². The number of amides is 1. The minimum atomic E-state index is -0.132. The van der Waals surface area contributed by atoms with Gasteiger partial charge in [0.1, 0.15) is 0 Å². The summed E-state index contributed by atoms with van der Waals surface area (Å²) in [6.07, 6.45) is 0.935. The Labute approximate surface area is 166 Å². The number of rotatable bonds is 9. The van der Waals surface area contributed by atoms with E-state index in [2.05, 4.69) is 45.0 Å². The highest BCUT2D eigenvalue weighted by atomic mass is 79.9. The van der Waals surface area contributed by atoms with Gasteiger partial charge in [0, 0.05) is 30.5 Å². The van der Waals surface area contributed by atoms with Crippen molar-refractivity contribution in [1.29, 1.82) is 0 Å². The number of halogens is 1. The quantitative estimate of drug-likeness (QED) is 0.587. The maximum atomic E-state index is 12.6. The van der Waals surface area contributed by atoms with Crippen LogP contribution in [0.4, 0.5) is 0 Å². The molecule has 8 heteroatoms. The van der Waals surface area contributed by atoms with Gasteiger partial charge in [-0.1, -0.05) is 29.8 Å². The number of hydrogen-bond acceptors (Lipinski definition) is 4. The first-order valence-electron chi connectivity index (χ1n) is 8.87. The Bertz CT molecular complexity index is 874.